The molecule has 0 saturated heterocycles. The van der Waals surface area contributed by atoms with Crippen molar-refractivity contribution in [3.8, 4) is 11.5 Å². The van der Waals surface area contributed by atoms with Crippen molar-refractivity contribution >= 4 is 5.91 Å². The van der Waals surface area contributed by atoms with Crippen molar-refractivity contribution in [3.63, 3.8) is 0 Å². The molecule has 1 aromatic carbocycles. The van der Waals surface area contributed by atoms with E-state index in [1.54, 1.807) is 6.07 Å². The van der Waals surface area contributed by atoms with Gasteiger partial charge in [-0.05, 0) is 18.2 Å². The summed E-state index contributed by atoms with van der Waals surface area (Å²) in [5.41, 5.74) is 0.331. The van der Waals surface area contributed by atoms with Crippen LogP contribution in [-0.4, -0.2) is 37.3 Å². The van der Waals surface area contributed by atoms with E-state index in [-0.39, 0.29) is 11.7 Å². The molecule has 1 aromatic rings. The zero-order valence-electron chi connectivity index (χ0n) is 8.85. The average Bonchev–Trinajstić information content (AvgIpc) is 2.26. The van der Waals surface area contributed by atoms with E-state index in [9.17, 15) is 9.90 Å². The number of hydrogen-bond donors (Lipinski definition) is 1. The largest absolute Gasteiger partial charge is 0.504 e. The fraction of sp³-hybridized carbons (Fsp3) is 0.300. The minimum Gasteiger partial charge on any atom is -0.504 e. The molecular formula is C10H13NO4. The highest BCUT2D eigenvalue weighted by atomic mass is 16.7. The van der Waals surface area contributed by atoms with Crippen molar-refractivity contribution in [1.29, 1.82) is 0 Å². The maximum absolute atomic E-state index is 11.6. The number of carbonyl (C=O) groups excluding carboxylic acids is 1. The van der Waals surface area contributed by atoms with Crippen LogP contribution in [0.1, 0.15) is 10.4 Å². The number of hydrogen-bond acceptors (Lipinski definition) is 4. The Morgan fingerprint density at radius 2 is 2.07 bits per heavy atom. The van der Waals surface area contributed by atoms with Gasteiger partial charge in [0.1, 0.15) is 0 Å². The van der Waals surface area contributed by atoms with E-state index in [0.29, 0.717) is 11.3 Å². The second kappa shape index (κ2) is 4.65. The summed E-state index contributed by atoms with van der Waals surface area (Å²) in [6.45, 7) is 0. The van der Waals surface area contributed by atoms with Crippen molar-refractivity contribution in [2.24, 2.45) is 0 Å². The molecule has 0 bridgehead atoms. The van der Waals surface area contributed by atoms with E-state index < -0.39 is 0 Å². The standard InChI is InChI=1S/C10H13NO4/c1-11(15-3)10(13)7-4-5-9(14-2)8(12)6-7/h4-6,12H,1-3H3. The van der Waals surface area contributed by atoms with Gasteiger partial charge in [0.15, 0.2) is 11.5 Å². The summed E-state index contributed by atoms with van der Waals surface area (Å²) in [5.74, 6) is -0.0880. The molecule has 0 spiro atoms. The second-order valence-corrected chi connectivity index (χ2v) is 2.87. The van der Waals surface area contributed by atoms with Crippen molar-refractivity contribution in [3.05, 3.63) is 23.8 Å². The maximum atomic E-state index is 11.6. The van der Waals surface area contributed by atoms with Gasteiger partial charge in [-0.1, -0.05) is 0 Å². The molecule has 82 valence electrons. The van der Waals surface area contributed by atoms with Crippen LogP contribution in [0.4, 0.5) is 0 Å². The zero-order chi connectivity index (χ0) is 11.4. The van der Waals surface area contributed by atoms with Crippen molar-refractivity contribution in [2.75, 3.05) is 21.3 Å². The monoisotopic (exact) mass is 211 g/mol. The number of benzene rings is 1. The van der Waals surface area contributed by atoms with Gasteiger partial charge in [-0.15, -0.1) is 0 Å². The molecule has 0 fully saturated rings. The Balaban J connectivity index is 2.97. The van der Waals surface area contributed by atoms with Crippen molar-refractivity contribution in [1.82, 2.24) is 5.06 Å². The molecule has 0 aliphatic heterocycles. The molecule has 0 unspecified atom stereocenters. The molecule has 0 atom stereocenters. The van der Waals surface area contributed by atoms with Crippen LogP contribution >= 0.6 is 0 Å². The molecule has 0 aliphatic rings. The topological polar surface area (TPSA) is 59.0 Å². The van der Waals surface area contributed by atoms with Crippen LogP contribution in [0.25, 0.3) is 0 Å². The lowest BCUT2D eigenvalue weighted by molar-refractivity contribution is -0.0757. The minimum atomic E-state index is -0.338. The van der Waals surface area contributed by atoms with Gasteiger partial charge in [0.25, 0.3) is 5.91 Å². The Morgan fingerprint density at radius 3 is 2.53 bits per heavy atom. The van der Waals surface area contributed by atoms with Crippen LogP contribution in [0.15, 0.2) is 18.2 Å². The molecular weight excluding hydrogens is 198 g/mol. The van der Waals surface area contributed by atoms with Gasteiger partial charge in [-0.25, -0.2) is 5.06 Å². The molecule has 0 radical (unpaired) electrons. The SMILES string of the molecule is COc1ccc(C(=O)N(C)OC)cc1O. The summed E-state index contributed by atoms with van der Waals surface area (Å²) in [7, 11) is 4.32. The Hall–Kier alpha value is -1.75. The van der Waals surface area contributed by atoms with Gasteiger partial charge >= 0.3 is 0 Å². The lowest BCUT2D eigenvalue weighted by atomic mass is 10.2. The highest BCUT2D eigenvalue weighted by molar-refractivity contribution is 5.94. The summed E-state index contributed by atoms with van der Waals surface area (Å²) < 4.78 is 4.86. The third-order valence-corrected chi connectivity index (χ3v) is 1.99. The van der Waals surface area contributed by atoms with Gasteiger partial charge in [0.2, 0.25) is 0 Å². The quantitative estimate of drug-likeness (QED) is 0.759. The number of amides is 1. The number of ether oxygens (including phenoxy) is 1. The van der Waals surface area contributed by atoms with E-state index in [2.05, 4.69) is 0 Å². The highest BCUT2D eigenvalue weighted by Crippen LogP contribution is 2.26. The van der Waals surface area contributed by atoms with Crippen molar-refractivity contribution < 1.29 is 19.5 Å². The number of phenolic OH excluding ortho intramolecular Hbond substituents is 1. The molecule has 0 aromatic heterocycles. The number of methoxy groups -OCH3 is 1. The summed E-state index contributed by atoms with van der Waals surface area (Å²) in [4.78, 5) is 16.3. The van der Waals surface area contributed by atoms with E-state index >= 15 is 0 Å². The van der Waals surface area contributed by atoms with Gasteiger partial charge < -0.3 is 9.84 Å². The fourth-order valence-electron chi connectivity index (χ4n) is 1.09. The highest BCUT2D eigenvalue weighted by Gasteiger charge is 2.13. The van der Waals surface area contributed by atoms with Crippen LogP contribution in [0.5, 0.6) is 11.5 Å². The Bertz CT molecular complexity index is 364. The Kier molecular flexibility index (Phi) is 3.51. The van der Waals surface area contributed by atoms with Crippen LogP contribution in [0.2, 0.25) is 0 Å². The number of aromatic hydroxyl groups is 1. The maximum Gasteiger partial charge on any atom is 0.277 e. The van der Waals surface area contributed by atoms with Crippen LogP contribution in [0.3, 0.4) is 0 Å². The number of carbonyl (C=O) groups is 1. The first-order chi connectivity index (χ1) is 7.10. The Morgan fingerprint density at radius 1 is 1.40 bits per heavy atom. The lowest BCUT2D eigenvalue weighted by Crippen LogP contribution is -2.25. The predicted octanol–water partition coefficient (Wildman–Crippen LogP) is 1.03. The number of nitrogens with zero attached hydrogens (tertiary/aromatic N) is 1. The normalized spacial score (nSPS) is 9.80. The average molecular weight is 211 g/mol. The van der Waals surface area contributed by atoms with E-state index in [4.69, 9.17) is 9.57 Å². The first-order valence-corrected chi connectivity index (χ1v) is 4.29. The molecule has 0 heterocycles. The third kappa shape index (κ3) is 2.38. The molecule has 1 amide bonds. The summed E-state index contributed by atoms with van der Waals surface area (Å²) in [5, 5.41) is 10.5. The van der Waals surface area contributed by atoms with Crippen molar-refractivity contribution in [2.45, 2.75) is 0 Å². The number of hydroxylamine groups is 2. The predicted molar refractivity (Wildman–Crippen MR) is 53.8 cm³/mol. The van der Waals surface area contributed by atoms with E-state index in [1.807, 2.05) is 0 Å². The summed E-state index contributed by atoms with van der Waals surface area (Å²) >= 11 is 0. The molecule has 1 rings (SSSR count). The molecule has 5 heteroatoms. The molecule has 1 N–H and O–H groups in total. The third-order valence-electron chi connectivity index (χ3n) is 1.99. The van der Waals surface area contributed by atoms with Crippen LogP contribution in [0, 0.1) is 0 Å². The first kappa shape index (κ1) is 11.3. The van der Waals surface area contributed by atoms with Gasteiger partial charge in [0, 0.05) is 12.6 Å². The Labute approximate surface area is 87.8 Å². The first-order valence-electron chi connectivity index (χ1n) is 4.29. The van der Waals surface area contributed by atoms with Gasteiger partial charge in [-0.2, -0.15) is 0 Å². The molecule has 5 nitrogen and oxygen atoms in total. The van der Waals surface area contributed by atoms with Gasteiger partial charge in [-0.3, -0.25) is 9.63 Å². The summed E-state index contributed by atoms with van der Waals surface area (Å²) in [6, 6.07) is 4.40. The van der Waals surface area contributed by atoms with Crippen LogP contribution < -0.4 is 4.74 Å². The molecule has 15 heavy (non-hydrogen) atoms. The number of phenols is 1. The molecule has 0 saturated carbocycles. The fourth-order valence-corrected chi connectivity index (χ4v) is 1.09. The summed E-state index contributed by atoms with van der Waals surface area (Å²) in [6.07, 6.45) is 0. The van der Waals surface area contributed by atoms with Gasteiger partial charge in [0.05, 0.1) is 14.2 Å². The molecule has 0 aliphatic carbocycles. The lowest BCUT2D eigenvalue weighted by Gasteiger charge is -2.14. The zero-order valence-corrected chi connectivity index (χ0v) is 8.85. The van der Waals surface area contributed by atoms with Crippen LogP contribution in [-0.2, 0) is 4.84 Å². The number of rotatable bonds is 3. The smallest absolute Gasteiger partial charge is 0.277 e. The van der Waals surface area contributed by atoms with E-state index in [1.165, 1.54) is 33.4 Å². The van der Waals surface area contributed by atoms with E-state index in [0.717, 1.165) is 5.06 Å². The minimum absolute atomic E-state index is 0.0761. The second-order valence-electron chi connectivity index (χ2n) is 2.87.